The fourth-order valence-corrected chi connectivity index (χ4v) is 1.39. The lowest BCUT2D eigenvalue weighted by Gasteiger charge is -2.25. The molecule has 1 aromatic rings. The number of benzene rings is 1. The number of hydrogen-bond donors (Lipinski definition) is 2. The fraction of sp³-hybridized carbons (Fsp3) is 0.400. The molecule has 1 unspecified atom stereocenters. The van der Waals surface area contributed by atoms with Gasteiger partial charge < -0.3 is 10.8 Å². The molecule has 0 radical (unpaired) electrons. The zero-order valence-electron chi connectivity index (χ0n) is 8.81. The van der Waals surface area contributed by atoms with Gasteiger partial charge >= 0.3 is 5.69 Å². The maximum atomic E-state index is 13.8. The molecule has 1 rings (SSSR count). The molecule has 0 saturated heterocycles. The van der Waals surface area contributed by atoms with E-state index in [9.17, 15) is 19.6 Å². The van der Waals surface area contributed by atoms with Crippen molar-refractivity contribution in [1.82, 2.24) is 0 Å². The Kier molecular flexibility index (Phi) is 3.56. The van der Waals surface area contributed by atoms with Gasteiger partial charge in [0.1, 0.15) is 0 Å². The van der Waals surface area contributed by atoms with E-state index in [1.807, 2.05) is 0 Å². The van der Waals surface area contributed by atoms with Crippen LogP contribution in [-0.4, -0.2) is 23.2 Å². The van der Waals surface area contributed by atoms with Crippen LogP contribution in [0.15, 0.2) is 18.2 Å². The second kappa shape index (κ2) is 4.54. The zero-order chi connectivity index (χ0) is 12.3. The lowest BCUT2D eigenvalue weighted by atomic mass is 9.83. The van der Waals surface area contributed by atoms with Crippen LogP contribution in [0.25, 0.3) is 0 Å². The Morgan fingerprint density at radius 2 is 2.25 bits per heavy atom. The standard InChI is InChI=1S/C10H13FN2O3/c1-10(5-12,6-14)7-3-2-4-8(9(7)11)13(15)16/h2-4,14H,5-6,12H2,1H3. The van der Waals surface area contributed by atoms with Crippen LogP contribution in [0.3, 0.4) is 0 Å². The molecule has 16 heavy (non-hydrogen) atoms. The normalized spacial score (nSPS) is 14.5. The highest BCUT2D eigenvalue weighted by atomic mass is 19.1. The summed E-state index contributed by atoms with van der Waals surface area (Å²) in [5.41, 5.74) is 3.90. The van der Waals surface area contributed by atoms with Crippen molar-refractivity contribution in [2.45, 2.75) is 12.3 Å². The van der Waals surface area contributed by atoms with Gasteiger partial charge in [-0.3, -0.25) is 10.1 Å². The minimum absolute atomic E-state index is 0.00158. The predicted molar refractivity (Wildman–Crippen MR) is 56.5 cm³/mol. The third-order valence-corrected chi connectivity index (χ3v) is 2.62. The second-order valence-electron chi connectivity index (χ2n) is 3.82. The number of nitrogens with two attached hydrogens (primary N) is 1. The first-order chi connectivity index (χ1) is 7.46. The van der Waals surface area contributed by atoms with Gasteiger partial charge in [-0.25, -0.2) is 0 Å². The molecule has 1 atom stereocenters. The van der Waals surface area contributed by atoms with Gasteiger partial charge in [0.2, 0.25) is 5.82 Å². The van der Waals surface area contributed by atoms with Crippen molar-refractivity contribution in [3.8, 4) is 0 Å². The van der Waals surface area contributed by atoms with Crippen LogP contribution in [0.2, 0.25) is 0 Å². The van der Waals surface area contributed by atoms with Crippen molar-refractivity contribution in [1.29, 1.82) is 0 Å². The van der Waals surface area contributed by atoms with Crippen molar-refractivity contribution in [3.05, 3.63) is 39.7 Å². The van der Waals surface area contributed by atoms with Gasteiger partial charge in [-0.05, 0) is 0 Å². The second-order valence-corrected chi connectivity index (χ2v) is 3.82. The van der Waals surface area contributed by atoms with Crippen molar-refractivity contribution in [2.75, 3.05) is 13.2 Å². The molecule has 0 saturated carbocycles. The summed E-state index contributed by atoms with van der Waals surface area (Å²) in [5.74, 6) is -0.936. The van der Waals surface area contributed by atoms with Crippen LogP contribution in [0.5, 0.6) is 0 Å². The lowest BCUT2D eigenvalue weighted by Crippen LogP contribution is -2.36. The van der Waals surface area contributed by atoms with Crippen molar-refractivity contribution in [3.63, 3.8) is 0 Å². The van der Waals surface area contributed by atoms with E-state index in [1.54, 1.807) is 6.92 Å². The molecular formula is C10H13FN2O3. The number of hydrogen-bond acceptors (Lipinski definition) is 4. The van der Waals surface area contributed by atoms with Gasteiger partial charge in [0, 0.05) is 23.6 Å². The SMILES string of the molecule is CC(CN)(CO)c1cccc([N+](=O)[O-])c1F. The summed E-state index contributed by atoms with van der Waals surface area (Å²) in [4.78, 5) is 9.75. The Morgan fingerprint density at radius 1 is 1.62 bits per heavy atom. The fourth-order valence-electron chi connectivity index (χ4n) is 1.39. The molecule has 0 spiro atoms. The van der Waals surface area contributed by atoms with E-state index in [-0.39, 0.29) is 18.7 Å². The van der Waals surface area contributed by atoms with Gasteiger partial charge in [0.25, 0.3) is 0 Å². The van der Waals surface area contributed by atoms with Crippen LogP contribution in [0, 0.1) is 15.9 Å². The Balaban J connectivity index is 3.35. The topological polar surface area (TPSA) is 89.4 Å². The number of aliphatic hydroxyl groups is 1. The monoisotopic (exact) mass is 228 g/mol. The lowest BCUT2D eigenvalue weighted by molar-refractivity contribution is -0.387. The van der Waals surface area contributed by atoms with Crippen LogP contribution in [-0.2, 0) is 5.41 Å². The highest BCUT2D eigenvalue weighted by molar-refractivity contribution is 5.40. The molecule has 0 aliphatic carbocycles. The summed E-state index contributed by atoms with van der Waals surface area (Å²) < 4.78 is 13.8. The van der Waals surface area contributed by atoms with Gasteiger partial charge in [0.05, 0.1) is 11.5 Å². The summed E-state index contributed by atoms with van der Waals surface area (Å²) in [5, 5.41) is 19.7. The molecule has 0 aliphatic rings. The summed E-state index contributed by atoms with van der Waals surface area (Å²) in [6.45, 7) is 1.18. The number of nitro groups is 1. The van der Waals surface area contributed by atoms with Gasteiger partial charge in [-0.1, -0.05) is 19.1 Å². The molecule has 0 bridgehead atoms. The largest absolute Gasteiger partial charge is 0.395 e. The first kappa shape index (κ1) is 12.5. The Labute approximate surface area is 91.8 Å². The molecule has 3 N–H and O–H groups in total. The van der Waals surface area contributed by atoms with Crippen molar-refractivity contribution < 1.29 is 14.4 Å². The van der Waals surface area contributed by atoms with Crippen LogP contribution >= 0.6 is 0 Å². The zero-order valence-corrected chi connectivity index (χ0v) is 8.81. The number of nitro benzene ring substituents is 1. The molecule has 5 nitrogen and oxygen atoms in total. The molecule has 1 aromatic carbocycles. The third kappa shape index (κ3) is 2.02. The molecule has 6 heteroatoms. The first-order valence-electron chi connectivity index (χ1n) is 4.70. The van der Waals surface area contributed by atoms with Crippen molar-refractivity contribution in [2.24, 2.45) is 5.73 Å². The average molecular weight is 228 g/mol. The maximum Gasteiger partial charge on any atom is 0.305 e. The predicted octanol–water partition coefficient (Wildman–Crippen LogP) is 0.943. The van der Waals surface area contributed by atoms with E-state index in [2.05, 4.69) is 0 Å². The van der Waals surface area contributed by atoms with Crippen molar-refractivity contribution >= 4 is 5.69 Å². The molecule has 0 amide bonds. The number of halogens is 1. The highest BCUT2D eigenvalue weighted by Gasteiger charge is 2.31. The number of nitrogens with zero attached hydrogens (tertiary/aromatic N) is 1. The summed E-state index contributed by atoms with van der Waals surface area (Å²) in [6.07, 6.45) is 0. The minimum Gasteiger partial charge on any atom is -0.395 e. The van der Waals surface area contributed by atoms with Gasteiger partial charge in [-0.15, -0.1) is 0 Å². The molecular weight excluding hydrogens is 215 g/mol. The van der Waals surface area contributed by atoms with E-state index in [4.69, 9.17) is 5.73 Å². The molecule has 0 aliphatic heterocycles. The summed E-state index contributed by atoms with van der Waals surface area (Å²) in [7, 11) is 0. The Hall–Kier alpha value is -1.53. The van der Waals surface area contributed by atoms with Crippen LogP contribution < -0.4 is 5.73 Å². The van der Waals surface area contributed by atoms with Crippen LogP contribution in [0.4, 0.5) is 10.1 Å². The Bertz CT molecular complexity index is 405. The summed E-state index contributed by atoms with van der Waals surface area (Å²) in [6, 6.07) is 3.85. The molecule has 0 aromatic heterocycles. The van der Waals surface area contributed by atoms with Crippen LogP contribution in [0.1, 0.15) is 12.5 Å². The molecule has 0 fully saturated rings. The van der Waals surface area contributed by atoms with Gasteiger partial charge in [-0.2, -0.15) is 4.39 Å². The van der Waals surface area contributed by atoms with E-state index in [1.165, 1.54) is 12.1 Å². The average Bonchev–Trinajstić information content (AvgIpc) is 2.28. The maximum absolute atomic E-state index is 13.8. The minimum atomic E-state index is -1.00. The van der Waals surface area contributed by atoms with E-state index in [0.717, 1.165) is 6.07 Å². The van der Waals surface area contributed by atoms with E-state index < -0.39 is 21.8 Å². The Morgan fingerprint density at radius 3 is 2.69 bits per heavy atom. The summed E-state index contributed by atoms with van der Waals surface area (Å²) >= 11 is 0. The van der Waals surface area contributed by atoms with Gasteiger partial charge in [0.15, 0.2) is 0 Å². The first-order valence-corrected chi connectivity index (χ1v) is 4.70. The van der Waals surface area contributed by atoms with E-state index >= 15 is 0 Å². The third-order valence-electron chi connectivity index (χ3n) is 2.62. The van der Waals surface area contributed by atoms with E-state index in [0.29, 0.717) is 0 Å². The number of aliphatic hydroxyl groups excluding tert-OH is 1. The smallest absolute Gasteiger partial charge is 0.305 e. The quantitative estimate of drug-likeness (QED) is 0.593. The highest BCUT2D eigenvalue weighted by Crippen LogP contribution is 2.29. The molecule has 0 heterocycles. The number of rotatable bonds is 4. The molecule has 88 valence electrons.